The van der Waals surface area contributed by atoms with Crippen LogP contribution in [0.1, 0.15) is 23.7 Å². The summed E-state index contributed by atoms with van der Waals surface area (Å²) in [5.41, 5.74) is 1.37. The van der Waals surface area contributed by atoms with Crippen molar-refractivity contribution in [1.29, 1.82) is 0 Å². The minimum Gasteiger partial charge on any atom is -0.469 e. The monoisotopic (exact) mass is 307 g/mol. The second-order valence-corrected chi connectivity index (χ2v) is 5.99. The molecule has 6 heteroatoms. The number of esters is 1. The molecule has 0 aromatic heterocycles. The van der Waals surface area contributed by atoms with Crippen LogP contribution >= 0.6 is 11.8 Å². The lowest BCUT2D eigenvalue weighted by Crippen LogP contribution is -2.31. The average molecular weight is 307 g/mol. The van der Waals surface area contributed by atoms with E-state index < -0.39 is 11.9 Å². The van der Waals surface area contributed by atoms with Crippen molar-refractivity contribution in [3.05, 3.63) is 23.8 Å². The average Bonchev–Trinajstić information content (AvgIpc) is 2.49. The van der Waals surface area contributed by atoms with Crippen LogP contribution in [0.3, 0.4) is 0 Å². The third kappa shape index (κ3) is 3.26. The number of rotatable bonds is 4. The predicted octanol–water partition coefficient (Wildman–Crippen LogP) is 2.14. The summed E-state index contributed by atoms with van der Waals surface area (Å²) in [6.07, 6.45) is 0.0674. The molecule has 0 saturated carbocycles. The van der Waals surface area contributed by atoms with Gasteiger partial charge in [-0.1, -0.05) is 6.92 Å². The number of fused-ring (bicyclic) bond motifs is 1. The van der Waals surface area contributed by atoms with E-state index >= 15 is 0 Å². The Hall–Kier alpha value is -1.82. The number of carbonyl (C=O) groups excluding carboxylic acids is 3. The second kappa shape index (κ2) is 6.30. The van der Waals surface area contributed by atoms with Crippen LogP contribution < -0.4 is 4.90 Å². The van der Waals surface area contributed by atoms with Crippen LogP contribution in [0.2, 0.25) is 0 Å². The third-order valence-electron chi connectivity index (χ3n) is 3.48. The van der Waals surface area contributed by atoms with Crippen molar-refractivity contribution < 1.29 is 19.1 Å². The summed E-state index contributed by atoms with van der Waals surface area (Å²) in [4.78, 5) is 37.7. The number of ketones is 1. The molecule has 0 N–H and O–H groups in total. The second-order valence-electron chi connectivity index (χ2n) is 4.97. The van der Waals surface area contributed by atoms with E-state index in [1.807, 2.05) is 0 Å². The van der Waals surface area contributed by atoms with Crippen molar-refractivity contribution >= 4 is 35.1 Å². The van der Waals surface area contributed by atoms with E-state index in [-0.39, 0.29) is 18.1 Å². The number of amides is 1. The summed E-state index contributed by atoms with van der Waals surface area (Å²) in [5, 5.41) is 0. The third-order valence-corrected chi connectivity index (χ3v) is 4.51. The van der Waals surface area contributed by atoms with Gasteiger partial charge in [0.15, 0.2) is 5.78 Å². The molecule has 112 valence electrons. The highest BCUT2D eigenvalue weighted by Crippen LogP contribution is 2.35. The molecular formula is C15H17NO4S. The lowest BCUT2D eigenvalue weighted by molar-refractivity contribution is -0.141. The topological polar surface area (TPSA) is 63.7 Å². The molecule has 21 heavy (non-hydrogen) atoms. The van der Waals surface area contributed by atoms with Crippen LogP contribution in [-0.4, -0.2) is 37.6 Å². The summed E-state index contributed by atoms with van der Waals surface area (Å²) >= 11 is 1.43. The molecule has 1 aliphatic heterocycles. The molecule has 1 amide bonds. The van der Waals surface area contributed by atoms with Crippen molar-refractivity contribution in [2.75, 3.05) is 24.8 Å². The first kappa shape index (κ1) is 15.6. The summed E-state index contributed by atoms with van der Waals surface area (Å²) < 4.78 is 4.58. The minimum absolute atomic E-state index is 0.0469. The highest BCUT2D eigenvalue weighted by molar-refractivity contribution is 8.00. The van der Waals surface area contributed by atoms with E-state index in [1.165, 1.54) is 18.9 Å². The van der Waals surface area contributed by atoms with E-state index in [0.717, 1.165) is 10.6 Å². The lowest BCUT2D eigenvalue weighted by atomic mass is 9.96. The standard InChI is InChI=1S/C15H17NO4S/c1-9(6-14(18)20-3)15(19)10-4-5-11-12(7-10)21-8-13(17)16(11)2/h4-5,7,9H,6,8H2,1-3H3. The maximum atomic E-state index is 12.3. The van der Waals surface area contributed by atoms with Crippen LogP contribution in [0, 0.1) is 5.92 Å². The van der Waals surface area contributed by atoms with E-state index in [9.17, 15) is 14.4 Å². The highest BCUT2D eigenvalue weighted by atomic mass is 32.2. The van der Waals surface area contributed by atoms with Crippen LogP contribution in [0.5, 0.6) is 0 Å². The number of thioether (sulfide) groups is 1. The Bertz CT molecular complexity index is 599. The number of carbonyl (C=O) groups is 3. The van der Waals surface area contributed by atoms with Gasteiger partial charge in [0, 0.05) is 23.4 Å². The zero-order chi connectivity index (χ0) is 15.6. The number of hydrogen-bond donors (Lipinski definition) is 0. The molecule has 0 fully saturated rings. The Morgan fingerprint density at radius 2 is 2.14 bits per heavy atom. The van der Waals surface area contributed by atoms with Crippen molar-refractivity contribution in [3.63, 3.8) is 0 Å². The van der Waals surface area contributed by atoms with Gasteiger partial charge in [0.1, 0.15) is 0 Å². The SMILES string of the molecule is COC(=O)CC(C)C(=O)c1ccc2c(c1)SCC(=O)N2C. The number of ether oxygens (including phenoxy) is 1. The van der Waals surface area contributed by atoms with Crippen LogP contribution in [0.15, 0.2) is 23.1 Å². The smallest absolute Gasteiger partial charge is 0.306 e. The molecule has 1 aromatic rings. The Morgan fingerprint density at radius 1 is 1.43 bits per heavy atom. The summed E-state index contributed by atoms with van der Waals surface area (Å²) in [6.45, 7) is 1.71. The molecular weight excluding hydrogens is 290 g/mol. The van der Waals surface area contributed by atoms with Gasteiger partial charge >= 0.3 is 5.97 Å². The molecule has 0 radical (unpaired) electrons. The molecule has 0 spiro atoms. The quantitative estimate of drug-likeness (QED) is 0.630. The van der Waals surface area contributed by atoms with Gasteiger partial charge < -0.3 is 9.64 Å². The fraction of sp³-hybridized carbons (Fsp3) is 0.400. The highest BCUT2D eigenvalue weighted by Gasteiger charge is 2.24. The van der Waals surface area contributed by atoms with E-state index in [2.05, 4.69) is 4.74 Å². The van der Waals surface area contributed by atoms with Gasteiger partial charge in [0.25, 0.3) is 0 Å². The molecule has 0 aliphatic carbocycles. The number of Topliss-reactive ketones (excluding diaryl/α,β-unsaturated/α-hetero) is 1. The van der Waals surface area contributed by atoms with Gasteiger partial charge in [-0.2, -0.15) is 0 Å². The summed E-state index contributed by atoms with van der Waals surface area (Å²) in [5.74, 6) is -0.496. The van der Waals surface area contributed by atoms with E-state index in [0.29, 0.717) is 11.3 Å². The maximum Gasteiger partial charge on any atom is 0.306 e. The van der Waals surface area contributed by atoms with Crippen LogP contribution in [0.25, 0.3) is 0 Å². The first-order valence-electron chi connectivity index (χ1n) is 6.58. The van der Waals surface area contributed by atoms with Gasteiger partial charge in [-0.15, -0.1) is 11.8 Å². The molecule has 2 rings (SSSR count). The Labute approximate surface area is 127 Å². The zero-order valence-electron chi connectivity index (χ0n) is 12.2. The number of anilines is 1. The minimum atomic E-state index is -0.427. The van der Waals surface area contributed by atoms with Gasteiger partial charge in [0.2, 0.25) is 5.91 Å². The molecule has 0 bridgehead atoms. The van der Waals surface area contributed by atoms with Crippen LogP contribution in [-0.2, 0) is 14.3 Å². The molecule has 1 atom stereocenters. The predicted molar refractivity (Wildman–Crippen MR) is 80.7 cm³/mol. The fourth-order valence-electron chi connectivity index (χ4n) is 2.14. The molecule has 1 aromatic carbocycles. The molecule has 5 nitrogen and oxygen atoms in total. The molecule has 1 unspecified atom stereocenters. The lowest BCUT2D eigenvalue weighted by Gasteiger charge is -2.25. The largest absolute Gasteiger partial charge is 0.469 e. The van der Waals surface area contributed by atoms with Crippen LogP contribution in [0.4, 0.5) is 5.69 Å². The first-order chi connectivity index (χ1) is 9.93. The Kier molecular flexibility index (Phi) is 4.67. The number of hydrogen-bond acceptors (Lipinski definition) is 5. The maximum absolute atomic E-state index is 12.3. The van der Waals surface area contributed by atoms with Gasteiger partial charge in [0.05, 0.1) is 25.0 Å². The van der Waals surface area contributed by atoms with Crippen molar-refractivity contribution in [3.8, 4) is 0 Å². The Balaban J connectivity index is 2.20. The molecule has 1 aliphatic rings. The molecule has 1 heterocycles. The van der Waals surface area contributed by atoms with Crippen molar-refractivity contribution in [2.24, 2.45) is 5.92 Å². The number of methoxy groups -OCH3 is 1. The fourth-order valence-corrected chi connectivity index (χ4v) is 3.18. The first-order valence-corrected chi connectivity index (χ1v) is 7.57. The normalized spacial score (nSPS) is 15.4. The number of benzene rings is 1. The summed E-state index contributed by atoms with van der Waals surface area (Å²) in [6, 6.07) is 5.27. The summed E-state index contributed by atoms with van der Waals surface area (Å²) in [7, 11) is 3.03. The van der Waals surface area contributed by atoms with Crippen molar-refractivity contribution in [1.82, 2.24) is 0 Å². The molecule has 0 saturated heterocycles. The van der Waals surface area contributed by atoms with Gasteiger partial charge in [-0.05, 0) is 18.2 Å². The van der Waals surface area contributed by atoms with E-state index in [4.69, 9.17) is 0 Å². The number of nitrogens with zero attached hydrogens (tertiary/aromatic N) is 1. The van der Waals surface area contributed by atoms with E-state index in [1.54, 1.807) is 37.1 Å². The zero-order valence-corrected chi connectivity index (χ0v) is 13.0. The van der Waals surface area contributed by atoms with Gasteiger partial charge in [-0.25, -0.2) is 0 Å². The Morgan fingerprint density at radius 3 is 2.81 bits per heavy atom. The van der Waals surface area contributed by atoms with Crippen molar-refractivity contribution in [2.45, 2.75) is 18.2 Å². The van der Waals surface area contributed by atoms with Gasteiger partial charge in [-0.3, -0.25) is 14.4 Å².